The van der Waals surface area contributed by atoms with Gasteiger partial charge in [-0.1, -0.05) is 62.4 Å². The second-order valence-electron chi connectivity index (χ2n) is 7.62. The first-order valence-electron chi connectivity index (χ1n) is 9.66. The van der Waals surface area contributed by atoms with E-state index in [1.54, 1.807) is 0 Å². The Hall–Kier alpha value is -1.35. The molecule has 1 aliphatic heterocycles. The van der Waals surface area contributed by atoms with Crippen molar-refractivity contribution in [2.24, 2.45) is 0 Å². The summed E-state index contributed by atoms with van der Waals surface area (Å²) >= 11 is 0. The number of rotatable bonds is 3. The average Bonchev–Trinajstić information content (AvgIpc) is 2.58. The summed E-state index contributed by atoms with van der Waals surface area (Å²) in [5.41, 5.74) is 0.732. The van der Waals surface area contributed by atoms with E-state index in [4.69, 9.17) is 4.74 Å². The summed E-state index contributed by atoms with van der Waals surface area (Å²) in [6.45, 7) is 2.05. The number of nitrogens with zero attached hydrogens (tertiary/aromatic N) is 1. The summed E-state index contributed by atoms with van der Waals surface area (Å²) in [5, 5.41) is 0. The number of ether oxygens (including phenoxy) is 1. The average molecular weight is 329 g/mol. The Kier molecular flexibility index (Phi) is 5.94. The third kappa shape index (κ3) is 4.00. The lowest BCUT2D eigenvalue weighted by Crippen LogP contribution is -2.42. The molecule has 0 atom stereocenters. The lowest BCUT2D eigenvalue weighted by molar-refractivity contribution is -0.159. The molecule has 1 aromatic rings. The van der Waals surface area contributed by atoms with E-state index in [0.29, 0.717) is 0 Å². The number of hydrogen-bond acceptors (Lipinski definition) is 3. The van der Waals surface area contributed by atoms with Crippen LogP contribution in [0.4, 0.5) is 0 Å². The standard InChI is InChI=1S/C21H31NO2/c1-22-16-12-19(13-17-22)24-20(23)21(18-10-6-5-7-11-18)14-8-3-2-4-9-15-21/h5-7,10-11,19H,2-4,8-9,12-17H2,1H3. The monoisotopic (exact) mass is 329 g/mol. The molecule has 1 aromatic carbocycles. The highest BCUT2D eigenvalue weighted by Gasteiger charge is 2.42. The molecular formula is C21H31NO2. The molecule has 1 aliphatic carbocycles. The molecule has 1 saturated carbocycles. The van der Waals surface area contributed by atoms with E-state index >= 15 is 0 Å². The van der Waals surface area contributed by atoms with Crippen LogP contribution in [0.25, 0.3) is 0 Å². The molecular weight excluding hydrogens is 298 g/mol. The maximum atomic E-state index is 13.3. The van der Waals surface area contributed by atoms with Crippen molar-refractivity contribution in [2.75, 3.05) is 20.1 Å². The van der Waals surface area contributed by atoms with Gasteiger partial charge in [0, 0.05) is 13.1 Å². The Labute approximate surface area is 146 Å². The summed E-state index contributed by atoms with van der Waals surface area (Å²) in [6, 6.07) is 10.4. The summed E-state index contributed by atoms with van der Waals surface area (Å²) in [5.74, 6) is 0.0325. The third-order valence-corrected chi connectivity index (χ3v) is 5.86. The first-order chi connectivity index (χ1) is 11.7. The van der Waals surface area contributed by atoms with Gasteiger partial charge in [-0.3, -0.25) is 4.79 Å². The zero-order valence-corrected chi connectivity index (χ0v) is 15.0. The van der Waals surface area contributed by atoms with Gasteiger partial charge in [0.25, 0.3) is 0 Å². The number of benzene rings is 1. The molecule has 0 spiro atoms. The number of hydrogen-bond donors (Lipinski definition) is 0. The van der Waals surface area contributed by atoms with Crippen molar-refractivity contribution >= 4 is 5.97 Å². The van der Waals surface area contributed by atoms with Gasteiger partial charge in [0.15, 0.2) is 0 Å². The highest BCUT2D eigenvalue weighted by molar-refractivity contribution is 5.83. The van der Waals surface area contributed by atoms with Crippen LogP contribution in [-0.2, 0) is 14.9 Å². The van der Waals surface area contributed by atoms with E-state index in [9.17, 15) is 4.79 Å². The smallest absolute Gasteiger partial charge is 0.316 e. The Balaban J connectivity index is 1.79. The lowest BCUT2D eigenvalue weighted by Gasteiger charge is -2.36. The zero-order valence-electron chi connectivity index (χ0n) is 15.0. The Morgan fingerprint density at radius 1 is 1.00 bits per heavy atom. The van der Waals surface area contributed by atoms with Gasteiger partial charge in [-0.05, 0) is 38.3 Å². The minimum absolute atomic E-state index is 0.0325. The minimum atomic E-state index is -0.426. The largest absolute Gasteiger partial charge is 0.462 e. The normalized spacial score (nSPS) is 23.2. The first-order valence-corrected chi connectivity index (χ1v) is 9.66. The summed E-state index contributed by atoms with van der Waals surface area (Å²) in [4.78, 5) is 15.6. The second kappa shape index (κ2) is 8.15. The van der Waals surface area contributed by atoms with Crippen LogP contribution in [0.3, 0.4) is 0 Å². The number of likely N-dealkylation sites (tertiary alicyclic amines) is 1. The van der Waals surface area contributed by atoms with Crippen LogP contribution in [0.2, 0.25) is 0 Å². The van der Waals surface area contributed by atoms with Crippen molar-refractivity contribution in [3.05, 3.63) is 35.9 Å². The second-order valence-corrected chi connectivity index (χ2v) is 7.62. The predicted molar refractivity (Wildman–Crippen MR) is 97.1 cm³/mol. The van der Waals surface area contributed by atoms with Crippen molar-refractivity contribution in [3.63, 3.8) is 0 Å². The number of esters is 1. The fourth-order valence-electron chi connectivity index (χ4n) is 4.24. The molecule has 1 saturated heterocycles. The van der Waals surface area contributed by atoms with Gasteiger partial charge in [0.2, 0.25) is 0 Å². The van der Waals surface area contributed by atoms with Gasteiger partial charge in [0.1, 0.15) is 6.10 Å². The van der Waals surface area contributed by atoms with Crippen LogP contribution in [0.15, 0.2) is 30.3 Å². The van der Waals surface area contributed by atoms with Crippen molar-refractivity contribution in [1.82, 2.24) is 4.90 Å². The number of carbonyl (C=O) groups is 1. The Morgan fingerprint density at radius 2 is 1.58 bits per heavy atom. The molecule has 2 fully saturated rings. The molecule has 1 heterocycles. The van der Waals surface area contributed by atoms with Crippen LogP contribution in [0.1, 0.15) is 63.4 Å². The molecule has 0 bridgehead atoms. The van der Waals surface area contributed by atoms with Gasteiger partial charge >= 0.3 is 5.97 Å². The topological polar surface area (TPSA) is 29.5 Å². The van der Waals surface area contributed by atoms with Gasteiger partial charge in [-0.25, -0.2) is 0 Å². The highest BCUT2D eigenvalue weighted by atomic mass is 16.5. The van der Waals surface area contributed by atoms with Crippen LogP contribution >= 0.6 is 0 Å². The summed E-state index contributed by atoms with van der Waals surface area (Å²) < 4.78 is 6.07. The molecule has 0 radical (unpaired) electrons. The fraction of sp³-hybridized carbons (Fsp3) is 0.667. The molecule has 3 rings (SSSR count). The van der Waals surface area contributed by atoms with E-state index in [1.807, 2.05) is 6.07 Å². The molecule has 0 aromatic heterocycles. The van der Waals surface area contributed by atoms with E-state index in [2.05, 4.69) is 36.2 Å². The quantitative estimate of drug-likeness (QED) is 0.774. The van der Waals surface area contributed by atoms with Gasteiger partial charge < -0.3 is 9.64 Å². The van der Waals surface area contributed by atoms with Crippen LogP contribution in [0, 0.1) is 0 Å². The number of piperidine rings is 1. The molecule has 2 aliphatic rings. The van der Waals surface area contributed by atoms with E-state index in [1.165, 1.54) is 19.3 Å². The van der Waals surface area contributed by atoms with Crippen LogP contribution < -0.4 is 0 Å². The maximum Gasteiger partial charge on any atom is 0.316 e. The van der Waals surface area contributed by atoms with Crippen molar-refractivity contribution in [2.45, 2.75) is 69.3 Å². The van der Waals surface area contributed by atoms with Gasteiger partial charge in [-0.2, -0.15) is 0 Å². The molecule has 3 heteroatoms. The van der Waals surface area contributed by atoms with Crippen LogP contribution in [0.5, 0.6) is 0 Å². The molecule has 3 nitrogen and oxygen atoms in total. The van der Waals surface area contributed by atoms with Crippen molar-refractivity contribution in [1.29, 1.82) is 0 Å². The number of carbonyl (C=O) groups excluding carboxylic acids is 1. The SMILES string of the molecule is CN1CCC(OC(=O)C2(c3ccccc3)CCCCCCC2)CC1. The Bertz CT molecular complexity index is 512. The fourth-order valence-corrected chi connectivity index (χ4v) is 4.24. The summed E-state index contributed by atoms with van der Waals surface area (Å²) in [6.07, 6.45) is 9.90. The molecule has 0 amide bonds. The van der Waals surface area contributed by atoms with Gasteiger partial charge in [0.05, 0.1) is 5.41 Å². The molecule has 0 N–H and O–H groups in total. The Morgan fingerprint density at radius 3 is 2.21 bits per heavy atom. The zero-order chi connectivity index (χ0) is 16.8. The predicted octanol–water partition coefficient (Wildman–Crippen LogP) is 4.31. The van der Waals surface area contributed by atoms with Crippen molar-refractivity contribution < 1.29 is 9.53 Å². The van der Waals surface area contributed by atoms with Crippen molar-refractivity contribution in [3.8, 4) is 0 Å². The van der Waals surface area contributed by atoms with Gasteiger partial charge in [-0.15, -0.1) is 0 Å². The maximum absolute atomic E-state index is 13.3. The minimum Gasteiger partial charge on any atom is -0.462 e. The molecule has 132 valence electrons. The van der Waals surface area contributed by atoms with E-state index in [0.717, 1.165) is 57.2 Å². The van der Waals surface area contributed by atoms with E-state index < -0.39 is 5.41 Å². The molecule has 0 unspecified atom stereocenters. The van der Waals surface area contributed by atoms with Crippen LogP contribution in [-0.4, -0.2) is 37.1 Å². The first kappa shape index (κ1) is 17.5. The third-order valence-electron chi connectivity index (χ3n) is 5.86. The molecule has 24 heavy (non-hydrogen) atoms. The lowest BCUT2D eigenvalue weighted by atomic mass is 9.71. The van der Waals surface area contributed by atoms with E-state index in [-0.39, 0.29) is 12.1 Å². The summed E-state index contributed by atoms with van der Waals surface area (Å²) in [7, 11) is 2.14. The highest BCUT2D eigenvalue weighted by Crippen LogP contribution is 2.39.